The van der Waals surface area contributed by atoms with E-state index in [1.165, 1.54) is 71.3 Å². The van der Waals surface area contributed by atoms with Crippen molar-refractivity contribution >= 4 is 59.8 Å². The van der Waals surface area contributed by atoms with Crippen molar-refractivity contribution in [1.29, 1.82) is 0 Å². The Kier molecular flexibility index (Phi) is 8.27. The number of benzene rings is 9. The van der Waals surface area contributed by atoms with Gasteiger partial charge in [0, 0.05) is 16.3 Å². The van der Waals surface area contributed by atoms with Crippen molar-refractivity contribution in [1.82, 2.24) is 0 Å². The number of para-hydroxylation sites is 1. The van der Waals surface area contributed by atoms with E-state index in [2.05, 4.69) is 202 Å². The Bertz CT molecular complexity index is 3190. The molecule has 0 atom stereocenters. The second-order valence-corrected chi connectivity index (χ2v) is 14.4. The first-order valence-corrected chi connectivity index (χ1v) is 19.2. The predicted octanol–water partition coefficient (Wildman–Crippen LogP) is 15.9. The molecule has 0 fully saturated rings. The van der Waals surface area contributed by atoms with Gasteiger partial charge in [-0.2, -0.15) is 0 Å². The van der Waals surface area contributed by atoms with Gasteiger partial charge in [0.1, 0.15) is 11.2 Å². The van der Waals surface area contributed by atoms with Crippen LogP contribution in [0, 0.1) is 0 Å². The van der Waals surface area contributed by atoms with Crippen LogP contribution >= 0.6 is 0 Å². The molecule has 9 aromatic carbocycles. The molecular weight excluding hydrogens is 677 g/mol. The molecule has 0 aliphatic rings. The van der Waals surface area contributed by atoms with Crippen molar-refractivity contribution < 1.29 is 4.42 Å². The van der Waals surface area contributed by atoms with Crippen LogP contribution in [0.4, 0.5) is 0 Å². The Hall–Kier alpha value is -7.22. The fourth-order valence-electron chi connectivity index (χ4n) is 8.68. The lowest BCUT2D eigenvalue weighted by Gasteiger charge is -2.22. The number of hydrogen-bond acceptors (Lipinski definition) is 1. The van der Waals surface area contributed by atoms with Crippen LogP contribution in [-0.2, 0) is 0 Å². The smallest absolute Gasteiger partial charge is 0.143 e. The Balaban J connectivity index is 1.42. The third-order valence-corrected chi connectivity index (χ3v) is 11.2. The molecule has 0 aliphatic heterocycles. The van der Waals surface area contributed by atoms with Crippen molar-refractivity contribution in [3.8, 4) is 44.5 Å². The monoisotopic (exact) mass is 714 g/mol. The van der Waals surface area contributed by atoms with Gasteiger partial charge in [0.05, 0.1) is 0 Å². The summed E-state index contributed by atoms with van der Waals surface area (Å²) in [5, 5.41) is 9.52. The Morgan fingerprint density at radius 1 is 0.464 bits per heavy atom. The minimum Gasteiger partial charge on any atom is -0.455 e. The van der Waals surface area contributed by atoms with Gasteiger partial charge in [-0.1, -0.05) is 183 Å². The molecule has 0 radical (unpaired) electrons. The summed E-state index contributed by atoms with van der Waals surface area (Å²) in [4.78, 5) is 0. The summed E-state index contributed by atoms with van der Waals surface area (Å²) in [6, 6.07) is 63.7. The quantitative estimate of drug-likeness (QED) is 0.118. The van der Waals surface area contributed by atoms with E-state index >= 15 is 0 Å². The zero-order valence-corrected chi connectivity index (χ0v) is 31.2. The van der Waals surface area contributed by atoms with E-state index in [9.17, 15) is 0 Å². The zero-order valence-electron chi connectivity index (χ0n) is 31.2. The molecule has 1 heteroatoms. The fourth-order valence-corrected chi connectivity index (χ4v) is 8.68. The fraction of sp³-hybridized carbons (Fsp3) is 0.0182. The molecule has 0 amide bonds. The maximum atomic E-state index is 6.83. The van der Waals surface area contributed by atoms with Crippen molar-refractivity contribution in [2.75, 3.05) is 0 Å². The van der Waals surface area contributed by atoms with Crippen LogP contribution in [-0.4, -0.2) is 0 Å². The predicted molar refractivity (Wildman–Crippen MR) is 241 cm³/mol. The van der Waals surface area contributed by atoms with E-state index in [4.69, 9.17) is 4.42 Å². The summed E-state index contributed by atoms with van der Waals surface area (Å²) in [6.07, 6.45) is 8.08. The van der Waals surface area contributed by atoms with E-state index in [0.717, 1.165) is 38.6 Å². The van der Waals surface area contributed by atoms with Gasteiger partial charge in [0.15, 0.2) is 0 Å². The number of hydrogen-bond donors (Lipinski definition) is 0. The highest BCUT2D eigenvalue weighted by Gasteiger charge is 2.24. The highest BCUT2D eigenvalue weighted by molar-refractivity contribution is 6.28. The first-order valence-electron chi connectivity index (χ1n) is 19.2. The molecule has 264 valence electrons. The molecule has 0 saturated heterocycles. The van der Waals surface area contributed by atoms with Crippen LogP contribution in [0.3, 0.4) is 0 Å². The highest BCUT2D eigenvalue weighted by atomic mass is 16.3. The molecule has 1 nitrogen and oxygen atoms in total. The van der Waals surface area contributed by atoms with Gasteiger partial charge in [-0.3, -0.25) is 0 Å². The minimum absolute atomic E-state index is 0.883. The van der Waals surface area contributed by atoms with E-state index in [0.29, 0.717) is 0 Å². The molecule has 10 aromatic rings. The molecule has 10 rings (SSSR count). The maximum Gasteiger partial charge on any atom is 0.143 e. The summed E-state index contributed by atoms with van der Waals surface area (Å²) < 4.78 is 6.83. The second kappa shape index (κ2) is 13.9. The molecule has 1 heterocycles. The summed E-state index contributed by atoms with van der Waals surface area (Å²) in [7, 11) is 0. The van der Waals surface area contributed by atoms with Crippen molar-refractivity contribution in [2.24, 2.45) is 0 Å². The Labute approximate surface area is 326 Å². The Morgan fingerprint density at radius 3 is 1.77 bits per heavy atom. The standard InChI is InChI=1S/C55H38O/c1-3-4-7-19-36(2)47-34-49-50(35-48(47)39-22-10-6-11-23-39)53(44-28-15-14-27-43(44)52(49)42-30-18-25-37-24-12-13-26-40(37)42)46-33-32-41(38-20-8-5-9-21-38)55-54(46)45-29-16-17-31-51(45)56-55/h3-35H,1H2,2H3/b7-4-,36-19+. The van der Waals surface area contributed by atoms with E-state index in [1.54, 1.807) is 0 Å². The molecule has 56 heavy (non-hydrogen) atoms. The lowest BCUT2D eigenvalue weighted by atomic mass is 9.81. The van der Waals surface area contributed by atoms with Gasteiger partial charge in [-0.05, 0) is 114 Å². The van der Waals surface area contributed by atoms with Crippen LogP contribution in [0.25, 0.3) is 104 Å². The maximum absolute atomic E-state index is 6.83. The van der Waals surface area contributed by atoms with Crippen LogP contribution in [0.5, 0.6) is 0 Å². The normalized spacial score (nSPS) is 12.1. The van der Waals surface area contributed by atoms with Gasteiger partial charge in [0.25, 0.3) is 0 Å². The van der Waals surface area contributed by atoms with Crippen LogP contribution in [0.2, 0.25) is 0 Å². The van der Waals surface area contributed by atoms with Gasteiger partial charge in [0.2, 0.25) is 0 Å². The third kappa shape index (κ3) is 5.48. The van der Waals surface area contributed by atoms with Crippen LogP contribution in [0.15, 0.2) is 211 Å². The zero-order chi connectivity index (χ0) is 37.6. The van der Waals surface area contributed by atoms with E-state index in [-0.39, 0.29) is 0 Å². The lowest BCUT2D eigenvalue weighted by Crippen LogP contribution is -1.96. The summed E-state index contributed by atoms with van der Waals surface area (Å²) in [5.74, 6) is 0. The summed E-state index contributed by atoms with van der Waals surface area (Å²) in [5.41, 5.74) is 13.6. The van der Waals surface area contributed by atoms with Gasteiger partial charge in [-0.15, -0.1) is 0 Å². The van der Waals surface area contributed by atoms with Crippen LogP contribution in [0.1, 0.15) is 12.5 Å². The van der Waals surface area contributed by atoms with Crippen molar-refractivity contribution in [2.45, 2.75) is 6.92 Å². The molecular formula is C55H38O. The number of allylic oxidation sites excluding steroid dienone is 5. The first kappa shape index (κ1) is 33.4. The SMILES string of the molecule is C=C/C=C\C=C(/C)c1cc2c(-c3cccc4ccccc34)c3ccccc3c(-c3ccc(-c4ccccc4)c4oc5ccccc5c34)c2cc1-c1ccccc1. The number of furan rings is 1. The minimum atomic E-state index is 0.883. The third-order valence-electron chi connectivity index (χ3n) is 11.2. The molecule has 1 aromatic heterocycles. The molecule has 0 bridgehead atoms. The first-order chi connectivity index (χ1) is 27.7. The molecule has 0 unspecified atom stereocenters. The average Bonchev–Trinajstić information content (AvgIpc) is 3.65. The van der Waals surface area contributed by atoms with Crippen molar-refractivity contribution in [3.63, 3.8) is 0 Å². The number of fused-ring (bicyclic) bond motifs is 6. The summed E-state index contributed by atoms with van der Waals surface area (Å²) >= 11 is 0. The molecule has 0 aliphatic carbocycles. The largest absolute Gasteiger partial charge is 0.455 e. The highest BCUT2D eigenvalue weighted by Crippen LogP contribution is 2.51. The lowest BCUT2D eigenvalue weighted by molar-refractivity contribution is 0.670. The second-order valence-electron chi connectivity index (χ2n) is 14.4. The molecule has 0 spiro atoms. The van der Waals surface area contributed by atoms with Gasteiger partial charge >= 0.3 is 0 Å². The topological polar surface area (TPSA) is 13.1 Å². The van der Waals surface area contributed by atoms with Gasteiger partial charge < -0.3 is 4.42 Å². The molecule has 0 N–H and O–H groups in total. The summed E-state index contributed by atoms with van der Waals surface area (Å²) in [6.45, 7) is 6.12. The molecule has 0 saturated carbocycles. The van der Waals surface area contributed by atoms with E-state index < -0.39 is 0 Å². The van der Waals surface area contributed by atoms with E-state index in [1.807, 2.05) is 12.2 Å². The average molecular weight is 715 g/mol. The van der Waals surface area contributed by atoms with Crippen molar-refractivity contribution in [3.05, 3.63) is 212 Å². The van der Waals surface area contributed by atoms with Gasteiger partial charge in [-0.25, -0.2) is 0 Å². The van der Waals surface area contributed by atoms with Crippen LogP contribution < -0.4 is 0 Å². The number of rotatable bonds is 7. The Morgan fingerprint density at radius 2 is 1.04 bits per heavy atom.